The molecule has 1 unspecified atom stereocenters. The van der Waals surface area contributed by atoms with Gasteiger partial charge in [0.2, 0.25) is 0 Å². The van der Waals surface area contributed by atoms with Gasteiger partial charge in [0.1, 0.15) is 24.4 Å². The summed E-state index contributed by atoms with van der Waals surface area (Å²) in [5.41, 5.74) is 0. The van der Waals surface area contributed by atoms with E-state index < -0.39 is 49.0 Å². The highest BCUT2D eigenvalue weighted by Crippen LogP contribution is 2.25. The van der Waals surface area contributed by atoms with Crippen molar-refractivity contribution in [2.24, 2.45) is 5.92 Å². The Labute approximate surface area is 91.9 Å². The van der Waals surface area contributed by atoms with Gasteiger partial charge in [-0.05, 0) is 6.92 Å². The molecule has 6 atom stereocenters. The topological polar surface area (TPSA) is 127 Å². The van der Waals surface area contributed by atoms with Crippen molar-refractivity contribution in [1.82, 2.24) is 0 Å². The fraction of sp³-hybridized carbons (Fsp3) is 0.889. The van der Waals surface area contributed by atoms with E-state index in [0.717, 1.165) is 0 Å². The summed E-state index contributed by atoms with van der Waals surface area (Å²) in [7, 11) is 0. The van der Waals surface area contributed by atoms with E-state index in [1.807, 2.05) is 0 Å². The van der Waals surface area contributed by atoms with Crippen LogP contribution in [0.3, 0.4) is 0 Å². The Morgan fingerprint density at radius 3 is 2.25 bits per heavy atom. The fourth-order valence-electron chi connectivity index (χ4n) is 1.68. The molecular formula is C9H16O7. The largest absolute Gasteiger partial charge is 0.481 e. The zero-order chi connectivity index (χ0) is 12.5. The van der Waals surface area contributed by atoms with E-state index in [1.165, 1.54) is 6.92 Å². The first kappa shape index (κ1) is 13.3. The summed E-state index contributed by atoms with van der Waals surface area (Å²) in [6.07, 6.45) is -6.71. The minimum absolute atomic E-state index is 0.562. The van der Waals surface area contributed by atoms with Crippen molar-refractivity contribution in [3.05, 3.63) is 0 Å². The summed E-state index contributed by atoms with van der Waals surface area (Å²) in [5.74, 6) is -2.24. The average molecular weight is 236 g/mol. The molecule has 5 N–H and O–H groups in total. The standard InChI is InChI=1S/C9H16O7/c1-3(9(14)15)8-7(13)6(12)5(11)4(2-10)16-8/h3-8,10-13H,2H2,1H3,(H,14,15)/t3?,4-,5-,6+,7-,8-/m1/s1. The summed E-state index contributed by atoms with van der Waals surface area (Å²) in [6.45, 7) is 0.753. The minimum atomic E-state index is -1.53. The van der Waals surface area contributed by atoms with Crippen LogP contribution in [0.5, 0.6) is 0 Å². The monoisotopic (exact) mass is 236 g/mol. The molecule has 1 heterocycles. The number of ether oxygens (including phenoxy) is 1. The van der Waals surface area contributed by atoms with Gasteiger partial charge in [-0.1, -0.05) is 0 Å². The van der Waals surface area contributed by atoms with E-state index in [2.05, 4.69) is 0 Å². The molecule has 7 nitrogen and oxygen atoms in total. The van der Waals surface area contributed by atoms with Gasteiger partial charge in [0.15, 0.2) is 0 Å². The molecular weight excluding hydrogens is 220 g/mol. The van der Waals surface area contributed by atoms with Crippen LogP contribution in [0.1, 0.15) is 6.92 Å². The number of aliphatic carboxylic acids is 1. The van der Waals surface area contributed by atoms with E-state index in [0.29, 0.717) is 0 Å². The van der Waals surface area contributed by atoms with Crippen LogP contribution in [0.15, 0.2) is 0 Å². The lowest BCUT2D eigenvalue weighted by Gasteiger charge is -2.41. The molecule has 1 fully saturated rings. The van der Waals surface area contributed by atoms with Gasteiger partial charge in [0, 0.05) is 0 Å². The maximum absolute atomic E-state index is 10.7. The zero-order valence-electron chi connectivity index (χ0n) is 8.72. The molecule has 7 heteroatoms. The Balaban J connectivity index is 2.82. The SMILES string of the molecule is CC(C(=O)O)[C@H]1O[C@H](CO)[C@@H](O)[C@H](O)[C@H]1O. The lowest BCUT2D eigenvalue weighted by Crippen LogP contribution is -2.60. The van der Waals surface area contributed by atoms with Gasteiger partial charge in [0.25, 0.3) is 0 Å². The van der Waals surface area contributed by atoms with Crippen molar-refractivity contribution in [3.8, 4) is 0 Å². The van der Waals surface area contributed by atoms with Crippen molar-refractivity contribution in [1.29, 1.82) is 0 Å². The van der Waals surface area contributed by atoms with Gasteiger partial charge in [-0.3, -0.25) is 4.79 Å². The van der Waals surface area contributed by atoms with Crippen LogP contribution in [-0.2, 0) is 9.53 Å². The molecule has 0 aromatic carbocycles. The van der Waals surface area contributed by atoms with E-state index in [4.69, 9.17) is 14.9 Å². The van der Waals surface area contributed by atoms with Gasteiger partial charge in [-0.15, -0.1) is 0 Å². The second-order valence-corrected chi connectivity index (χ2v) is 3.92. The highest BCUT2D eigenvalue weighted by atomic mass is 16.5. The molecule has 0 spiro atoms. The third-order valence-corrected chi connectivity index (χ3v) is 2.81. The second-order valence-electron chi connectivity index (χ2n) is 3.92. The molecule has 0 saturated carbocycles. The Bertz CT molecular complexity index is 254. The maximum atomic E-state index is 10.7. The van der Waals surface area contributed by atoms with Crippen LogP contribution in [0, 0.1) is 5.92 Å². The van der Waals surface area contributed by atoms with Crippen molar-refractivity contribution >= 4 is 5.97 Å². The predicted molar refractivity (Wildman–Crippen MR) is 50.6 cm³/mol. The van der Waals surface area contributed by atoms with Gasteiger partial charge in [0.05, 0.1) is 18.6 Å². The lowest BCUT2D eigenvalue weighted by atomic mass is 9.89. The van der Waals surface area contributed by atoms with Crippen LogP contribution in [-0.4, -0.2) is 68.6 Å². The Hall–Kier alpha value is -0.730. The van der Waals surface area contributed by atoms with Gasteiger partial charge < -0.3 is 30.3 Å². The number of carboxylic acids is 1. The number of aliphatic hydroxyl groups excluding tert-OH is 4. The van der Waals surface area contributed by atoms with Crippen LogP contribution in [0.2, 0.25) is 0 Å². The quantitative estimate of drug-likeness (QED) is 0.368. The molecule has 0 radical (unpaired) electrons. The number of carbonyl (C=O) groups is 1. The predicted octanol–water partition coefficient (Wildman–Crippen LogP) is -2.45. The minimum Gasteiger partial charge on any atom is -0.481 e. The highest BCUT2D eigenvalue weighted by Gasteiger charge is 2.46. The Kier molecular flexibility index (Phi) is 4.22. The molecule has 0 bridgehead atoms. The Morgan fingerprint density at radius 2 is 1.81 bits per heavy atom. The average Bonchev–Trinajstić information content (AvgIpc) is 2.25. The van der Waals surface area contributed by atoms with E-state index in [1.54, 1.807) is 0 Å². The third kappa shape index (κ3) is 2.33. The van der Waals surface area contributed by atoms with Crippen molar-refractivity contribution in [2.45, 2.75) is 37.4 Å². The summed E-state index contributed by atoms with van der Waals surface area (Å²) in [6, 6.07) is 0. The van der Waals surface area contributed by atoms with Gasteiger partial charge in [-0.2, -0.15) is 0 Å². The fourth-order valence-corrected chi connectivity index (χ4v) is 1.68. The van der Waals surface area contributed by atoms with Crippen molar-refractivity contribution < 1.29 is 35.1 Å². The first-order valence-corrected chi connectivity index (χ1v) is 4.93. The number of rotatable bonds is 3. The first-order chi connectivity index (χ1) is 7.40. The number of aliphatic hydroxyl groups is 4. The number of hydrogen-bond donors (Lipinski definition) is 5. The molecule has 0 aliphatic carbocycles. The normalized spacial score (nSPS) is 41.7. The lowest BCUT2D eigenvalue weighted by molar-refractivity contribution is -0.240. The van der Waals surface area contributed by atoms with Crippen LogP contribution < -0.4 is 0 Å². The third-order valence-electron chi connectivity index (χ3n) is 2.81. The van der Waals surface area contributed by atoms with Crippen LogP contribution in [0.4, 0.5) is 0 Å². The summed E-state index contributed by atoms with van der Waals surface area (Å²) in [4.78, 5) is 10.7. The molecule has 0 aromatic rings. The molecule has 0 aromatic heterocycles. The van der Waals surface area contributed by atoms with E-state index >= 15 is 0 Å². The molecule has 0 amide bonds. The summed E-state index contributed by atoms with van der Waals surface area (Å²) < 4.78 is 5.06. The summed E-state index contributed by atoms with van der Waals surface area (Å²) in [5, 5.41) is 46.1. The maximum Gasteiger partial charge on any atom is 0.308 e. The second kappa shape index (κ2) is 5.07. The molecule has 16 heavy (non-hydrogen) atoms. The number of carboxylic acid groups (broad SMARTS) is 1. The Morgan fingerprint density at radius 1 is 1.25 bits per heavy atom. The molecule has 1 saturated heterocycles. The number of hydrogen-bond acceptors (Lipinski definition) is 6. The molecule has 94 valence electrons. The molecule has 1 aliphatic rings. The van der Waals surface area contributed by atoms with E-state index in [9.17, 15) is 20.1 Å². The van der Waals surface area contributed by atoms with Crippen molar-refractivity contribution in [3.63, 3.8) is 0 Å². The van der Waals surface area contributed by atoms with E-state index in [-0.39, 0.29) is 0 Å². The smallest absolute Gasteiger partial charge is 0.308 e. The van der Waals surface area contributed by atoms with Crippen LogP contribution >= 0.6 is 0 Å². The zero-order valence-corrected chi connectivity index (χ0v) is 8.72. The summed E-state index contributed by atoms with van der Waals surface area (Å²) >= 11 is 0. The molecule has 1 rings (SSSR count). The van der Waals surface area contributed by atoms with Crippen LogP contribution in [0.25, 0.3) is 0 Å². The first-order valence-electron chi connectivity index (χ1n) is 4.93. The van der Waals surface area contributed by atoms with Crippen molar-refractivity contribution in [2.75, 3.05) is 6.61 Å². The highest BCUT2D eigenvalue weighted by molar-refractivity contribution is 5.70. The van der Waals surface area contributed by atoms with Gasteiger partial charge in [-0.25, -0.2) is 0 Å². The van der Waals surface area contributed by atoms with Gasteiger partial charge >= 0.3 is 5.97 Å². The molecule has 1 aliphatic heterocycles.